The number of urea groups is 1. The van der Waals surface area contributed by atoms with E-state index in [-0.39, 0.29) is 17.7 Å². The van der Waals surface area contributed by atoms with E-state index >= 15 is 0 Å². The standard InChI is InChI=1S/C17H24N2O5/c1-23-9-10-24-15-3-2-8-19(12-15)17(22)18-11-13-4-6-14(7-5-13)16(20)21/h4-7,15H,2-3,8-12H2,1H3,(H,18,22)(H,20,21). The third kappa shape index (κ3) is 5.50. The number of hydrogen-bond donors (Lipinski definition) is 2. The number of methoxy groups -OCH3 is 1. The molecular weight excluding hydrogens is 312 g/mol. The molecule has 2 rings (SSSR count). The number of ether oxygens (including phenoxy) is 2. The quantitative estimate of drug-likeness (QED) is 0.740. The monoisotopic (exact) mass is 336 g/mol. The summed E-state index contributed by atoms with van der Waals surface area (Å²) in [5.41, 5.74) is 1.09. The average Bonchev–Trinajstić information content (AvgIpc) is 2.60. The van der Waals surface area contributed by atoms with E-state index in [2.05, 4.69) is 5.32 Å². The lowest BCUT2D eigenvalue weighted by Gasteiger charge is -2.32. The molecule has 0 radical (unpaired) electrons. The van der Waals surface area contributed by atoms with Crippen LogP contribution in [0.4, 0.5) is 4.79 Å². The van der Waals surface area contributed by atoms with E-state index < -0.39 is 5.97 Å². The molecule has 2 amide bonds. The molecular formula is C17H24N2O5. The van der Waals surface area contributed by atoms with E-state index in [1.165, 1.54) is 12.1 Å². The summed E-state index contributed by atoms with van der Waals surface area (Å²) in [6.45, 7) is 2.74. The first-order chi connectivity index (χ1) is 11.6. The highest BCUT2D eigenvalue weighted by molar-refractivity contribution is 5.87. The molecule has 1 aromatic carbocycles. The second-order valence-electron chi connectivity index (χ2n) is 5.73. The van der Waals surface area contributed by atoms with Crippen LogP contribution in [0.1, 0.15) is 28.8 Å². The molecule has 1 aliphatic rings. The highest BCUT2D eigenvalue weighted by Crippen LogP contribution is 2.13. The van der Waals surface area contributed by atoms with Crippen LogP contribution >= 0.6 is 0 Å². The number of nitrogens with zero attached hydrogens (tertiary/aromatic N) is 1. The zero-order valence-corrected chi connectivity index (χ0v) is 13.9. The molecule has 0 bridgehead atoms. The van der Waals surface area contributed by atoms with Crippen molar-refractivity contribution in [1.82, 2.24) is 10.2 Å². The molecule has 7 nitrogen and oxygen atoms in total. The topological polar surface area (TPSA) is 88.1 Å². The van der Waals surface area contributed by atoms with Gasteiger partial charge in [-0.25, -0.2) is 9.59 Å². The van der Waals surface area contributed by atoms with Crippen LogP contribution in [-0.4, -0.2) is 61.5 Å². The molecule has 0 aromatic heterocycles. The van der Waals surface area contributed by atoms with Crippen LogP contribution in [0.2, 0.25) is 0 Å². The lowest BCUT2D eigenvalue weighted by Crippen LogP contribution is -2.47. The maximum Gasteiger partial charge on any atom is 0.335 e. The Labute approximate surface area is 141 Å². The molecule has 0 spiro atoms. The maximum atomic E-state index is 12.3. The summed E-state index contributed by atoms with van der Waals surface area (Å²) in [6, 6.07) is 6.35. The molecule has 24 heavy (non-hydrogen) atoms. The van der Waals surface area contributed by atoms with Gasteiger partial charge in [0.2, 0.25) is 0 Å². The summed E-state index contributed by atoms with van der Waals surface area (Å²) in [5.74, 6) is -0.960. The van der Waals surface area contributed by atoms with E-state index in [0.29, 0.717) is 32.8 Å². The first-order valence-electron chi connectivity index (χ1n) is 8.05. The van der Waals surface area contributed by atoms with Gasteiger partial charge < -0.3 is 24.8 Å². The first kappa shape index (κ1) is 18.2. The van der Waals surface area contributed by atoms with Crippen molar-refractivity contribution in [1.29, 1.82) is 0 Å². The van der Waals surface area contributed by atoms with Crippen molar-refractivity contribution in [3.63, 3.8) is 0 Å². The molecule has 1 saturated heterocycles. The summed E-state index contributed by atoms with van der Waals surface area (Å²) < 4.78 is 10.7. The van der Waals surface area contributed by atoms with Crippen molar-refractivity contribution in [2.24, 2.45) is 0 Å². The molecule has 0 saturated carbocycles. The molecule has 1 unspecified atom stereocenters. The van der Waals surface area contributed by atoms with E-state index in [1.54, 1.807) is 24.1 Å². The second-order valence-corrected chi connectivity index (χ2v) is 5.73. The van der Waals surface area contributed by atoms with Crippen molar-refractivity contribution in [2.45, 2.75) is 25.5 Å². The van der Waals surface area contributed by atoms with Crippen LogP contribution in [0.3, 0.4) is 0 Å². The number of likely N-dealkylation sites (tertiary alicyclic amines) is 1. The predicted octanol–water partition coefficient (Wildman–Crippen LogP) is 1.72. The van der Waals surface area contributed by atoms with Crippen molar-refractivity contribution < 1.29 is 24.2 Å². The van der Waals surface area contributed by atoms with Gasteiger partial charge in [0.25, 0.3) is 0 Å². The lowest BCUT2D eigenvalue weighted by atomic mass is 10.1. The van der Waals surface area contributed by atoms with Gasteiger partial charge in [-0.15, -0.1) is 0 Å². The van der Waals surface area contributed by atoms with Gasteiger partial charge in [0.1, 0.15) is 0 Å². The van der Waals surface area contributed by atoms with Gasteiger partial charge in [-0.1, -0.05) is 12.1 Å². The third-order valence-corrected chi connectivity index (χ3v) is 3.95. The predicted molar refractivity (Wildman–Crippen MR) is 88.1 cm³/mol. The molecule has 1 aromatic rings. The largest absolute Gasteiger partial charge is 0.478 e. The molecule has 0 aliphatic carbocycles. The highest BCUT2D eigenvalue weighted by Gasteiger charge is 2.23. The fraction of sp³-hybridized carbons (Fsp3) is 0.529. The van der Waals surface area contributed by atoms with E-state index in [9.17, 15) is 9.59 Å². The van der Waals surface area contributed by atoms with Gasteiger partial charge in [-0.2, -0.15) is 0 Å². The minimum Gasteiger partial charge on any atom is -0.478 e. The van der Waals surface area contributed by atoms with E-state index in [4.69, 9.17) is 14.6 Å². The number of amides is 2. The smallest absolute Gasteiger partial charge is 0.335 e. The number of carboxylic acid groups (broad SMARTS) is 1. The lowest BCUT2D eigenvalue weighted by molar-refractivity contribution is -0.0129. The first-order valence-corrected chi connectivity index (χ1v) is 8.05. The Morgan fingerprint density at radius 2 is 2.04 bits per heavy atom. The number of carboxylic acids is 1. The number of piperidine rings is 1. The van der Waals surface area contributed by atoms with Gasteiger partial charge in [0.15, 0.2) is 0 Å². The molecule has 1 aliphatic heterocycles. The number of carbonyl (C=O) groups is 2. The van der Waals surface area contributed by atoms with Crippen molar-refractivity contribution in [2.75, 3.05) is 33.4 Å². The van der Waals surface area contributed by atoms with E-state index in [1.807, 2.05) is 0 Å². The summed E-state index contributed by atoms with van der Waals surface area (Å²) in [4.78, 5) is 24.8. The number of hydrogen-bond acceptors (Lipinski definition) is 4. The van der Waals surface area contributed by atoms with Crippen molar-refractivity contribution >= 4 is 12.0 Å². The van der Waals surface area contributed by atoms with Gasteiger partial charge in [0, 0.05) is 26.7 Å². The number of benzene rings is 1. The summed E-state index contributed by atoms with van der Waals surface area (Å²) in [7, 11) is 1.63. The summed E-state index contributed by atoms with van der Waals surface area (Å²) >= 11 is 0. The highest BCUT2D eigenvalue weighted by atomic mass is 16.5. The number of nitrogens with one attached hydrogen (secondary N) is 1. The zero-order valence-electron chi connectivity index (χ0n) is 13.9. The Balaban J connectivity index is 1.77. The van der Waals surface area contributed by atoms with Crippen LogP contribution in [0, 0.1) is 0 Å². The molecule has 1 heterocycles. The van der Waals surface area contributed by atoms with Gasteiger partial charge in [0.05, 0.1) is 24.9 Å². The maximum absolute atomic E-state index is 12.3. The Bertz CT molecular complexity index is 546. The van der Waals surface area contributed by atoms with Crippen molar-refractivity contribution in [3.8, 4) is 0 Å². The third-order valence-electron chi connectivity index (χ3n) is 3.95. The molecule has 132 valence electrons. The van der Waals surface area contributed by atoms with Crippen LogP contribution in [-0.2, 0) is 16.0 Å². The SMILES string of the molecule is COCCOC1CCCN(C(=O)NCc2ccc(C(=O)O)cc2)C1. The average molecular weight is 336 g/mol. The second kappa shape index (κ2) is 9.24. The Morgan fingerprint density at radius 1 is 1.29 bits per heavy atom. The van der Waals surface area contributed by atoms with Gasteiger partial charge >= 0.3 is 12.0 Å². The minimum atomic E-state index is -0.960. The fourth-order valence-electron chi connectivity index (χ4n) is 2.61. The number of aromatic carboxylic acids is 1. The Hall–Kier alpha value is -2.12. The molecule has 7 heteroatoms. The fourth-order valence-corrected chi connectivity index (χ4v) is 2.61. The van der Waals surface area contributed by atoms with Crippen LogP contribution in [0.25, 0.3) is 0 Å². The van der Waals surface area contributed by atoms with Crippen LogP contribution in [0.5, 0.6) is 0 Å². The summed E-state index contributed by atoms with van der Waals surface area (Å²) in [6.07, 6.45) is 1.91. The van der Waals surface area contributed by atoms with Crippen LogP contribution in [0.15, 0.2) is 24.3 Å². The number of rotatable bonds is 7. The van der Waals surface area contributed by atoms with Crippen molar-refractivity contribution in [3.05, 3.63) is 35.4 Å². The normalized spacial score (nSPS) is 17.5. The molecule has 2 N–H and O–H groups in total. The van der Waals surface area contributed by atoms with E-state index in [0.717, 1.165) is 18.4 Å². The Kier molecular flexibility index (Phi) is 7.02. The minimum absolute atomic E-state index is 0.0505. The number of carbonyl (C=O) groups excluding carboxylic acids is 1. The molecule has 1 atom stereocenters. The summed E-state index contributed by atoms with van der Waals surface area (Å²) in [5, 5.41) is 11.7. The zero-order chi connectivity index (χ0) is 17.4. The van der Waals surface area contributed by atoms with Gasteiger partial charge in [-0.05, 0) is 30.5 Å². The van der Waals surface area contributed by atoms with Crippen LogP contribution < -0.4 is 5.32 Å². The molecule has 1 fully saturated rings. The van der Waals surface area contributed by atoms with Gasteiger partial charge in [-0.3, -0.25) is 0 Å². The Morgan fingerprint density at radius 3 is 2.71 bits per heavy atom.